The predicted octanol–water partition coefficient (Wildman–Crippen LogP) is 1.75. The number of rotatable bonds is 1. The van der Waals surface area contributed by atoms with Crippen molar-refractivity contribution >= 4 is 12.4 Å². The summed E-state index contributed by atoms with van der Waals surface area (Å²) in [6, 6.07) is 0. The van der Waals surface area contributed by atoms with Gasteiger partial charge in [-0.05, 0) is 0 Å². The van der Waals surface area contributed by atoms with E-state index in [1.54, 1.807) is 41.5 Å². The van der Waals surface area contributed by atoms with Crippen molar-refractivity contribution in [3.8, 4) is 0 Å². The van der Waals surface area contributed by atoms with E-state index in [1.807, 2.05) is 0 Å². The van der Waals surface area contributed by atoms with Crippen LogP contribution < -0.4 is 0 Å². The standard InChI is InChI=1S/C10H20N2O2/c1-9(2,3)11(13)7-8-12(14)10(4,5)6/h7-8H,1-6H3/b11-7-,12-8-. The third kappa shape index (κ3) is 4.25. The Morgan fingerprint density at radius 1 is 0.714 bits per heavy atom. The van der Waals surface area contributed by atoms with Crippen LogP contribution in [0.3, 0.4) is 0 Å². The van der Waals surface area contributed by atoms with E-state index in [2.05, 4.69) is 0 Å². The molecule has 0 heterocycles. The zero-order chi connectivity index (χ0) is 11.6. The quantitative estimate of drug-likeness (QED) is 0.280. The molecule has 0 radical (unpaired) electrons. The lowest BCUT2D eigenvalue weighted by Crippen LogP contribution is -2.33. The van der Waals surface area contributed by atoms with Gasteiger partial charge in [0.1, 0.15) is 0 Å². The second kappa shape index (κ2) is 3.98. The van der Waals surface area contributed by atoms with E-state index >= 15 is 0 Å². The highest BCUT2D eigenvalue weighted by molar-refractivity contribution is 6.11. The summed E-state index contributed by atoms with van der Waals surface area (Å²) in [6.07, 6.45) is 2.52. The summed E-state index contributed by atoms with van der Waals surface area (Å²) in [4.78, 5) is 0. The summed E-state index contributed by atoms with van der Waals surface area (Å²) in [5.74, 6) is 0. The van der Waals surface area contributed by atoms with Gasteiger partial charge in [0, 0.05) is 41.5 Å². The molecule has 0 atom stereocenters. The van der Waals surface area contributed by atoms with Crippen LogP contribution in [-0.2, 0) is 0 Å². The first-order chi connectivity index (χ1) is 6.05. The Labute approximate surface area is 85.7 Å². The lowest BCUT2D eigenvalue weighted by atomic mass is 10.1. The van der Waals surface area contributed by atoms with Crippen molar-refractivity contribution in [1.82, 2.24) is 0 Å². The minimum absolute atomic E-state index is 0.505. The molecular weight excluding hydrogens is 180 g/mol. The van der Waals surface area contributed by atoms with Crippen LogP contribution in [0, 0.1) is 10.4 Å². The van der Waals surface area contributed by atoms with Gasteiger partial charge >= 0.3 is 0 Å². The van der Waals surface area contributed by atoms with Gasteiger partial charge in [0.2, 0.25) is 12.4 Å². The van der Waals surface area contributed by atoms with E-state index in [1.165, 1.54) is 12.4 Å². The minimum Gasteiger partial charge on any atom is -0.623 e. The van der Waals surface area contributed by atoms with Gasteiger partial charge in [-0.25, -0.2) is 9.48 Å². The van der Waals surface area contributed by atoms with Gasteiger partial charge in [0.05, 0.1) is 0 Å². The van der Waals surface area contributed by atoms with Crippen molar-refractivity contribution in [3.05, 3.63) is 10.4 Å². The molecule has 82 valence electrons. The first-order valence-corrected chi connectivity index (χ1v) is 4.66. The number of hydroxylamine groups is 2. The van der Waals surface area contributed by atoms with Crippen LogP contribution in [0.5, 0.6) is 0 Å². The number of nitrogens with zero attached hydrogens (tertiary/aromatic N) is 2. The monoisotopic (exact) mass is 200 g/mol. The average molecular weight is 200 g/mol. The molecule has 0 saturated carbocycles. The zero-order valence-corrected chi connectivity index (χ0v) is 9.87. The van der Waals surface area contributed by atoms with Crippen molar-refractivity contribution < 1.29 is 9.48 Å². The molecule has 0 aromatic heterocycles. The number of hydrogen-bond acceptors (Lipinski definition) is 2. The molecule has 0 aliphatic heterocycles. The van der Waals surface area contributed by atoms with Crippen LogP contribution in [0.4, 0.5) is 0 Å². The molecule has 0 aliphatic rings. The summed E-state index contributed by atoms with van der Waals surface area (Å²) in [5, 5.41) is 22.7. The molecule has 0 N–H and O–H groups in total. The average Bonchev–Trinajstić information content (AvgIpc) is 1.95. The summed E-state index contributed by atoms with van der Waals surface area (Å²) in [7, 11) is 0. The Hall–Kier alpha value is -1.06. The Balaban J connectivity index is 4.73. The van der Waals surface area contributed by atoms with Crippen LogP contribution in [0.25, 0.3) is 0 Å². The van der Waals surface area contributed by atoms with Gasteiger partial charge in [0.25, 0.3) is 0 Å². The third-order valence-electron chi connectivity index (χ3n) is 1.66. The molecule has 14 heavy (non-hydrogen) atoms. The maximum absolute atomic E-state index is 11.4. The lowest BCUT2D eigenvalue weighted by Gasteiger charge is -2.19. The zero-order valence-electron chi connectivity index (χ0n) is 9.87. The Morgan fingerprint density at radius 2 is 0.929 bits per heavy atom. The van der Waals surface area contributed by atoms with Gasteiger partial charge in [-0.15, -0.1) is 0 Å². The van der Waals surface area contributed by atoms with Crippen molar-refractivity contribution in [2.45, 2.75) is 52.6 Å². The molecule has 4 nitrogen and oxygen atoms in total. The molecule has 0 saturated heterocycles. The van der Waals surface area contributed by atoms with Crippen molar-refractivity contribution in [1.29, 1.82) is 0 Å². The highest BCUT2D eigenvalue weighted by Crippen LogP contribution is 2.05. The molecule has 0 rings (SSSR count). The van der Waals surface area contributed by atoms with Crippen LogP contribution in [0.15, 0.2) is 0 Å². The molecule has 0 fully saturated rings. The van der Waals surface area contributed by atoms with E-state index in [4.69, 9.17) is 0 Å². The van der Waals surface area contributed by atoms with E-state index in [0.717, 1.165) is 9.48 Å². The van der Waals surface area contributed by atoms with E-state index in [9.17, 15) is 10.4 Å². The van der Waals surface area contributed by atoms with Gasteiger partial charge in [0.15, 0.2) is 11.1 Å². The van der Waals surface area contributed by atoms with E-state index < -0.39 is 11.1 Å². The Bertz CT molecular complexity index is 226. The van der Waals surface area contributed by atoms with Gasteiger partial charge in [-0.2, -0.15) is 0 Å². The van der Waals surface area contributed by atoms with Crippen LogP contribution in [0.1, 0.15) is 41.5 Å². The van der Waals surface area contributed by atoms with E-state index in [-0.39, 0.29) is 0 Å². The summed E-state index contributed by atoms with van der Waals surface area (Å²) >= 11 is 0. The first-order valence-electron chi connectivity index (χ1n) is 4.66. The SMILES string of the molecule is CC(C)(C)/[N+]([O-])=C/C=[N+](\[O-])C(C)(C)C. The summed E-state index contributed by atoms with van der Waals surface area (Å²) in [6.45, 7) is 10.7. The highest BCUT2D eigenvalue weighted by Gasteiger charge is 2.20. The smallest absolute Gasteiger partial charge is 0.240 e. The largest absolute Gasteiger partial charge is 0.623 e. The van der Waals surface area contributed by atoms with Gasteiger partial charge in [-0.3, -0.25) is 0 Å². The maximum Gasteiger partial charge on any atom is 0.240 e. The van der Waals surface area contributed by atoms with Crippen molar-refractivity contribution in [3.63, 3.8) is 0 Å². The normalized spacial score (nSPS) is 15.9. The van der Waals surface area contributed by atoms with E-state index in [0.29, 0.717) is 0 Å². The molecule has 0 unspecified atom stereocenters. The van der Waals surface area contributed by atoms with Crippen molar-refractivity contribution in [2.75, 3.05) is 0 Å². The fraction of sp³-hybridized carbons (Fsp3) is 0.800. The lowest BCUT2D eigenvalue weighted by molar-refractivity contribution is -0.542. The highest BCUT2D eigenvalue weighted by atomic mass is 16.5. The van der Waals surface area contributed by atoms with Gasteiger partial charge < -0.3 is 10.4 Å². The fourth-order valence-corrected chi connectivity index (χ4v) is 0.568. The molecule has 0 spiro atoms. The molecule has 0 aromatic carbocycles. The molecule has 0 bridgehead atoms. The summed E-state index contributed by atoms with van der Waals surface area (Å²) in [5.41, 5.74) is -1.01. The summed E-state index contributed by atoms with van der Waals surface area (Å²) < 4.78 is 1.54. The third-order valence-corrected chi connectivity index (χ3v) is 1.66. The second-order valence-corrected chi connectivity index (χ2v) is 5.29. The molecular formula is C10H20N2O2. The van der Waals surface area contributed by atoms with Crippen molar-refractivity contribution in [2.24, 2.45) is 0 Å². The first kappa shape index (κ1) is 12.9. The predicted molar refractivity (Wildman–Crippen MR) is 58.9 cm³/mol. The molecule has 0 amide bonds. The topological polar surface area (TPSA) is 52.1 Å². The Kier molecular flexibility index (Phi) is 3.68. The Morgan fingerprint density at radius 3 is 1.07 bits per heavy atom. The second-order valence-electron chi connectivity index (χ2n) is 5.29. The maximum atomic E-state index is 11.4. The van der Waals surface area contributed by atoms with Crippen LogP contribution in [0.2, 0.25) is 0 Å². The molecule has 4 heteroatoms. The minimum atomic E-state index is -0.505. The molecule has 0 aromatic rings. The van der Waals surface area contributed by atoms with Gasteiger partial charge in [-0.1, -0.05) is 0 Å². The number of hydrogen-bond donors (Lipinski definition) is 0. The van der Waals surface area contributed by atoms with Crippen LogP contribution >= 0.6 is 0 Å². The van der Waals surface area contributed by atoms with Crippen LogP contribution in [-0.4, -0.2) is 33.0 Å². The fourth-order valence-electron chi connectivity index (χ4n) is 0.568. The molecule has 0 aliphatic carbocycles.